The molecule has 3 heterocycles. The Hall–Kier alpha value is -1.06. The average molecular weight is 270 g/mol. The van der Waals surface area contributed by atoms with Gasteiger partial charge in [0.2, 0.25) is 4.77 Å². The van der Waals surface area contributed by atoms with Gasteiger partial charge in [-0.1, -0.05) is 0 Å². The van der Waals surface area contributed by atoms with Crippen LogP contribution in [0.1, 0.15) is 6.23 Å². The topological polar surface area (TPSA) is 115 Å². The van der Waals surface area contributed by atoms with Crippen molar-refractivity contribution in [2.75, 3.05) is 18.9 Å². The van der Waals surface area contributed by atoms with E-state index in [1.54, 1.807) is 16.8 Å². The SMILES string of the molecule is Nc1ccn(C2O[C@H](CO)C(O)[C@@]23CN3)c(=S)n1. The third kappa shape index (κ3) is 1.57. The lowest BCUT2D eigenvalue weighted by molar-refractivity contribution is -0.0463. The van der Waals surface area contributed by atoms with Crippen LogP contribution in [0.2, 0.25) is 0 Å². The molecule has 1 spiro atoms. The van der Waals surface area contributed by atoms with Gasteiger partial charge in [0.15, 0.2) is 6.23 Å². The fourth-order valence-electron chi connectivity index (χ4n) is 2.39. The highest BCUT2D eigenvalue weighted by molar-refractivity contribution is 7.71. The highest BCUT2D eigenvalue weighted by Crippen LogP contribution is 2.44. The summed E-state index contributed by atoms with van der Waals surface area (Å²) in [6.45, 7) is 0.373. The van der Waals surface area contributed by atoms with Crippen LogP contribution in [0.5, 0.6) is 0 Å². The van der Waals surface area contributed by atoms with E-state index in [9.17, 15) is 10.2 Å². The first-order valence-corrected chi connectivity index (χ1v) is 6.03. The lowest BCUT2D eigenvalue weighted by Crippen LogP contribution is -2.39. The molecule has 0 saturated carbocycles. The molecule has 2 aliphatic rings. The van der Waals surface area contributed by atoms with Crippen LogP contribution in [-0.4, -0.2) is 50.7 Å². The zero-order valence-electron chi connectivity index (χ0n) is 9.48. The Bertz CT molecular complexity index is 530. The molecule has 98 valence electrons. The molecule has 0 radical (unpaired) electrons. The number of aliphatic hydroxyl groups is 2. The molecule has 0 aromatic carbocycles. The van der Waals surface area contributed by atoms with Crippen molar-refractivity contribution in [2.24, 2.45) is 0 Å². The maximum Gasteiger partial charge on any atom is 0.203 e. The van der Waals surface area contributed by atoms with Gasteiger partial charge in [0.25, 0.3) is 0 Å². The number of anilines is 1. The van der Waals surface area contributed by atoms with Crippen LogP contribution in [0.4, 0.5) is 5.82 Å². The summed E-state index contributed by atoms with van der Waals surface area (Å²) in [5.41, 5.74) is 4.97. The molecule has 5 N–H and O–H groups in total. The van der Waals surface area contributed by atoms with Crippen LogP contribution in [-0.2, 0) is 4.74 Å². The Morgan fingerprint density at radius 2 is 2.44 bits per heavy atom. The van der Waals surface area contributed by atoms with E-state index in [-0.39, 0.29) is 6.61 Å². The molecule has 2 fully saturated rings. The van der Waals surface area contributed by atoms with Gasteiger partial charge in [-0.2, -0.15) is 0 Å². The number of hydrogen-bond acceptors (Lipinski definition) is 7. The Kier molecular flexibility index (Phi) is 2.65. The van der Waals surface area contributed by atoms with Crippen LogP contribution >= 0.6 is 12.2 Å². The van der Waals surface area contributed by atoms with Gasteiger partial charge >= 0.3 is 0 Å². The first-order valence-electron chi connectivity index (χ1n) is 5.62. The Balaban J connectivity index is 2.00. The number of nitrogens with two attached hydrogens (primary N) is 1. The maximum absolute atomic E-state index is 10.1. The van der Waals surface area contributed by atoms with Crippen molar-refractivity contribution in [3.8, 4) is 0 Å². The minimum absolute atomic E-state index is 0.239. The molecule has 1 aromatic heterocycles. The summed E-state index contributed by atoms with van der Waals surface area (Å²) in [4.78, 5) is 3.99. The van der Waals surface area contributed by atoms with Gasteiger partial charge in [0.1, 0.15) is 23.6 Å². The molecule has 4 atom stereocenters. The summed E-state index contributed by atoms with van der Waals surface area (Å²) in [5, 5.41) is 22.4. The van der Waals surface area contributed by atoms with Crippen molar-refractivity contribution in [1.82, 2.24) is 14.9 Å². The van der Waals surface area contributed by atoms with Crippen molar-refractivity contribution < 1.29 is 14.9 Å². The molecule has 8 heteroatoms. The summed E-state index contributed by atoms with van der Waals surface area (Å²) in [7, 11) is 0. The van der Waals surface area contributed by atoms with Crippen molar-refractivity contribution in [1.29, 1.82) is 0 Å². The van der Waals surface area contributed by atoms with Gasteiger partial charge in [0, 0.05) is 12.7 Å². The van der Waals surface area contributed by atoms with E-state index in [0.717, 1.165) is 0 Å². The molecule has 2 saturated heterocycles. The molecule has 0 aliphatic carbocycles. The van der Waals surface area contributed by atoms with E-state index in [0.29, 0.717) is 17.1 Å². The van der Waals surface area contributed by atoms with Gasteiger partial charge in [-0.15, -0.1) is 0 Å². The monoisotopic (exact) mass is 270 g/mol. The second kappa shape index (κ2) is 3.97. The van der Waals surface area contributed by atoms with E-state index in [2.05, 4.69) is 10.3 Å². The third-order valence-electron chi connectivity index (χ3n) is 3.49. The molecule has 18 heavy (non-hydrogen) atoms. The quantitative estimate of drug-likeness (QED) is 0.393. The van der Waals surface area contributed by atoms with Crippen LogP contribution < -0.4 is 11.1 Å². The Morgan fingerprint density at radius 3 is 3.00 bits per heavy atom. The molecular formula is C10H14N4O3S. The zero-order chi connectivity index (χ0) is 12.9. The summed E-state index contributed by atoms with van der Waals surface area (Å²) in [6.07, 6.45) is -0.189. The van der Waals surface area contributed by atoms with Crippen molar-refractivity contribution >= 4 is 18.0 Å². The van der Waals surface area contributed by atoms with Gasteiger partial charge in [0.05, 0.1) is 6.61 Å². The predicted molar refractivity (Wildman–Crippen MR) is 65.2 cm³/mol. The third-order valence-corrected chi connectivity index (χ3v) is 3.80. The summed E-state index contributed by atoms with van der Waals surface area (Å²) < 4.78 is 7.59. The normalized spacial score (nSPS) is 38.2. The Morgan fingerprint density at radius 1 is 1.72 bits per heavy atom. The first-order chi connectivity index (χ1) is 8.58. The number of hydrogen-bond donors (Lipinski definition) is 4. The molecule has 3 rings (SSSR count). The smallest absolute Gasteiger partial charge is 0.203 e. The van der Waals surface area contributed by atoms with Gasteiger partial charge < -0.3 is 26.0 Å². The number of nitrogen functional groups attached to an aromatic ring is 1. The number of aliphatic hydroxyl groups excluding tert-OH is 2. The van der Waals surface area contributed by atoms with Crippen LogP contribution in [0.25, 0.3) is 0 Å². The van der Waals surface area contributed by atoms with E-state index in [1.165, 1.54) is 0 Å². The molecule has 1 aromatic rings. The van der Waals surface area contributed by atoms with Crippen LogP contribution in [0.15, 0.2) is 12.3 Å². The minimum atomic E-state index is -0.771. The second-order valence-corrected chi connectivity index (χ2v) is 4.96. The summed E-state index contributed by atoms with van der Waals surface area (Å²) in [5.74, 6) is 0.339. The highest BCUT2D eigenvalue weighted by Gasteiger charge is 2.64. The molecule has 7 nitrogen and oxygen atoms in total. The van der Waals surface area contributed by atoms with Crippen molar-refractivity contribution in [2.45, 2.75) is 24.0 Å². The fraction of sp³-hybridized carbons (Fsp3) is 0.600. The zero-order valence-corrected chi connectivity index (χ0v) is 10.3. The molecule has 2 unspecified atom stereocenters. The number of rotatable bonds is 2. The van der Waals surface area contributed by atoms with Crippen LogP contribution in [0, 0.1) is 4.77 Å². The van der Waals surface area contributed by atoms with Gasteiger partial charge in [-0.25, -0.2) is 4.98 Å². The first kappa shape index (κ1) is 12.0. The second-order valence-electron chi connectivity index (χ2n) is 4.59. The standard InChI is InChI=1S/C10H14N4O3S/c11-6-1-2-14(9(18)13-6)8-10(4-12-10)7(16)5(3-15)17-8/h1-2,5,7-8,12,15-16H,3-4H2,(H2,11,13,18)/t5-,7?,8?,10+/m1/s1. The lowest BCUT2D eigenvalue weighted by Gasteiger charge is -2.20. The number of nitrogens with one attached hydrogen (secondary N) is 1. The number of ether oxygens (including phenoxy) is 1. The van der Waals surface area contributed by atoms with Crippen molar-refractivity contribution in [3.05, 3.63) is 17.0 Å². The Labute approximate surface area is 108 Å². The van der Waals surface area contributed by atoms with E-state index >= 15 is 0 Å². The highest BCUT2D eigenvalue weighted by atomic mass is 32.1. The minimum Gasteiger partial charge on any atom is -0.394 e. The molecule has 0 amide bonds. The van der Waals surface area contributed by atoms with Gasteiger partial charge in [-0.05, 0) is 18.3 Å². The molecule has 2 aliphatic heterocycles. The summed E-state index contributed by atoms with van der Waals surface area (Å²) in [6, 6.07) is 1.62. The summed E-state index contributed by atoms with van der Waals surface area (Å²) >= 11 is 5.14. The van der Waals surface area contributed by atoms with E-state index in [1.807, 2.05) is 0 Å². The van der Waals surface area contributed by atoms with Crippen molar-refractivity contribution in [3.63, 3.8) is 0 Å². The number of aromatic nitrogens is 2. The molecule has 0 bridgehead atoms. The van der Waals surface area contributed by atoms with Crippen LogP contribution in [0.3, 0.4) is 0 Å². The fourth-order valence-corrected chi connectivity index (χ4v) is 2.65. The predicted octanol–water partition coefficient (Wildman–Crippen LogP) is -1.21. The lowest BCUT2D eigenvalue weighted by atomic mass is 10.00. The van der Waals surface area contributed by atoms with E-state index in [4.69, 9.17) is 22.7 Å². The van der Waals surface area contributed by atoms with E-state index < -0.39 is 24.0 Å². The number of nitrogens with zero attached hydrogens (tertiary/aromatic N) is 2. The average Bonchev–Trinajstić information content (AvgIpc) is 3.07. The molecular weight excluding hydrogens is 256 g/mol. The largest absolute Gasteiger partial charge is 0.394 e. The maximum atomic E-state index is 10.1. The van der Waals surface area contributed by atoms with Gasteiger partial charge in [-0.3, -0.25) is 4.57 Å².